The van der Waals surface area contributed by atoms with Crippen LogP contribution in [-0.2, 0) is 0 Å². The summed E-state index contributed by atoms with van der Waals surface area (Å²) < 4.78 is 0. The number of nitrogens with zero attached hydrogens (tertiary/aromatic N) is 2. The van der Waals surface area contributed by atoms with Crippen molar-refractivity contribution in [2.75, 3.05) is 0 Å². The zero-order chi connectivity index (χ0) is 6.69. The van der Waals surface area contributed by atoms with Crippen molar-refractivity contribution in [2.24, 2.45) is 0 Å². The average Bonchev–Trinajstić information content (AvgIpc) is 1.90. The molecule has 0 aliphatic rings. The number of hydrogen-bond acceptors (Lipinski definition) is 2. The van der Waals surface area contributed by atoms with E-state index >= 15 is 0 Å². The fourth-order valence-corrected chi connectivity index (χ4v) is 0.621. The fourth-order valence-electron chi connectivity index (χ4n) is 0.621. The van der Waals surface area contributed by atoms with Crippen molar-refractivity contribution in [1.82, 2.24) is 10.2 Å². The summed E-state index contributed by atoms with van der Waals surface area (Å²) in [5.74, 6) is 0.485. The van der Waals surface area contributed by atoms with Gasteiger partial charge in [0, 0.05) is 6.20 Å². The molecule has 0 bridgehead atoms. The van der Waals surface area contributed by atoms with Gasteiger partial charge in [0.05, 0.1) is 5.69 Å². The molecule has 1 aromatic rings. The van der Waals surface area contributed by atoms with Crippen molar-refractivity contribution in [2.45, 2.75) is 19.8 Å². The van der Waals surface area contributed by atoms with Crippen LogP contribution in [0.1, 0.15) is 25.5 Å². The Morgan fingerprint density at radius 1 is 1.44 bits per heavy atom. The molecular weight excluding hydrogens is 112 g/mol. The van der Waals surface area contributed by atoms with E-state index in [2.05, 4.69) is 24.0 Å². The van der Waals surface area contributed by atoms with Crippen LogP contribution in [0, 0.1) is 0 Å². The minimum atomic E-state index is 0.485. The van der Waals surface area contributed by atoms with E-state index in [0.29, 0.717) is 5.92 Å². The van der Waals surface area contributed by atoms with Crippen molar-refractivity contribution >= 4 is 0 Å². The molecule has 0 aliphatic carbocycles. The quantitative estimate of drug-likeness (QED) is 0.565. The molecule has 0 atom stereocenters. The predicted octanol–water partition coefficient (Wildman–Crippen LogP) is 1.60. The summed E-state index contributed by atoms with van der Waals surface area (Å²) in [4.78, 5) is 0. The molecule has 2 nitrogen and oxygen atoms in total. The molecule has 2 heteroatoms. The Kier molecular flexibility index (Phi) is 1.78. The van der Waals surface area contributed by atoms with Crippen LogP contribution in [-0.4, -0.2) is 10.2 Å². The van der Waals surface area contributed by atoms with E-state index in [9.17, 15) is 0 Å². The van der Waals surface area contributed by atoms with Crippen molar-refractivity contribution in [3.05, 3.63) is 24.0 Å². The molecule has 0 saturated carbocycles. The van der Waals surface area contributed by atoms with Gasteiger partial charge in [-0.25, -0.2) is 0 Å². The van der Waals surface area contributed by atoms with Crippen LogP contribution in [0.3, 0.4) is 0 Å². The molecule has 0 saturated heterocycles. The molecule has 1 heterocycles. The topological polar surface area (TPSA) is 25.8 Å². The first-order valence-electron chi connectivity index (χ1n) is 3.08. The van der Waals surface area contributed by atoms with Crippen molar-refractivity contribution < 1.29 is 0 Å². The zero-order valence-electron chi connectivity index (χ0n) is 5.70. The van der Waals surface area contributed by atoms with Crippen molar-refractivity contribution in [1.29, 1.82) is 0 Å². The Morgan fingerprint density at radius 2 is 2.22 bits per heavy atom. The van der Waals surface area contributed by atoms with Crippen LogP contribution in [0.5, 0.6) is 0 Å². The molecule has 1 aromatic heterocycles. The van der Waals surface area contributed by atoms with Crippen LogP contribution in [0.2, 0.25) is 0 Å². The lowest BCUT2D eigenvalue weighted by molar-refractivity contribution is 0.785. The molecule has 0 unspecified atom stereocenters. The van der Waals surface area contributed by atoms with Gasteiger partial charge in [-0.3, -0.25) is 0 Å². The molecular formula is C7H10N2. The minimum Gasteiger partial charge on any atom is -0.159 e. The van der Waals surface area contributed by atoms with Gasteiger partial charge in [-0.1, -0.05) is 13.8 Å². The third-order valence-corrected chi connectivity index (χ3v) is 1.18. The maximum Gasteiger partial charge on any atom is 0.0656 e. The standard InChI is InChI=1S/C7H10N2/c1-6(2)7-4-3-5-8-9-7/h3-6H,1-2H3. The first-order chi connectivity index (χ1) is 4.30. The SMILES string of the molecule is CC(C)c1cccnn1. The van der Waals surface area contributed by atoms with Gasteiger partial charge in [0.25, 0.3) is 0 Å². The van der Waals surface area contributed by atoms with Crippen LogP contribution < -0.4 is 0 Å². The highest BCUT2D eigenvalue weighted by molar-refractivity contribution is 5.03. The Labute approximate surface area is 54.9 Å². The van der Waals surface area contributed by atoms with Gasteiger partial charge < -0.3 is 0 Å². The predicted molar refractivity (Wildman–Crippen MR) is 36.1 cm³/mol. The molecule has 0 aliphatic heterocycles. The summed E-state index contributed by atoms with van der Waals surface area (Å²) in [5, 5.41) is 7.68. The molecule has 0 spiro atoms. The van der Waals surface area contributed by atoms with Crippen molar-refractivity contribution in [3.63, 3.8) is 0 Å². The third kappa shape index (κ3) is 1.49. The van der Waals surface area contributed by atoms with Crippen LogP contribution in [0.25, 0.3) is 0 Å². The van der Waals surface area contributed by atoms with Gasteiger partial charge in [0.2, 0.25) is 0 Å². The number of rotatable bonds is 1. The van der Waals surface area contributed by atoms with Crippen molar-refractivity contribution in [3.8, 4) is 0 Å². The Hall–Kier alpha value is -0.920. The minimum absolute atomic E-state index is 0.485. The molecule has 1 rings (SSSR count). The van der Waals surface area contributed by atoms with Gasteiger partial charge in [0.1, 0.15) is 0 Å². The normalized spacial score (nSPS) is 10.1. The molecule has 0 fully saturated rings. The molecule has 48 valence electrons. The fraction of sp³-hybridized carbons (Fsp3) is 0.429. The van der Waals surface area contributed by atoms with Gasteiger partial charge in [-0.15, -0.1) is 0 Å². The van der Waals surface area contributed by atoms with E-state index in [1.165, 1.54) is 0 Å². The first-order valence-corrected chi connectivity index (χ1v) is 3.08. The highest BCUT2D eigenvalue weighted by Gasteiger charge is 1.96. The average molecular weight is 122 g/mol. The molecule has 9 heavy (non-hydrogen) atoms. The summed E-state index contributed by atoms with van der Waals surface area (Å²) in [6.07, 6.45) is 1.69. The summed E-state index contributed by atoms with van der Waals surface area (Å²) in [6.45, 7) is 4.20. The van der Waals surface area contributed by atoms with E-state index in [4.69, 9.17) is 0 Å². The lowest BCUT2D eigenvalue weighted by Crippen LogP contribution is -1.92. The summed E-state index contributed by atoms with van der Waals surface area (Å²) in [5.41, 5.74) is 1.05. The second-order valence-electron chi connectivity index (χ2n) is 2.30. The van der Waals surface area contributed by atoms with Crippen LogP contribution in [0.15, 0.2) is 18.3 Å². The van der Waals surface area contributed by atoms with Gasteiger partial charge in [-0.05, 0) is 18.1 Å². The van der Waals surface area contributed by atoms with E-state index in [1.54, 1.807) is 6.20 Å². The smallest absolute Gasteiger partial charge is 0.0656 e. The van der Waals surface area contributed by atoms with Crippen LogP contribution in [0.4, 0.5) is 0 Å². The lowest BCUT2D eigenvalue weighted by Gasteiger charge is -1.98. The molecule has 0 aromatic carbocycles. The first kappa shape index (κ1) is 6.20. The Balaban J connectivity index is 2.85. The van der Waals surface area contributed by atoms with Gasteiger partial charge >= 0.3 is 0 Å². The molecule has 0 radical (unpaired) electrons. The van der Waals surface area contributed by atoms with Crippen LogP contribution >= 0.6 is 0 Å². The second-order valence-corrected chi connectivity index (χ2v) is 2.30. The number of aromatic nitrogens is 2. The Bertz CT molecular complexity index is 170. The van der Waals surface area contributed by atoms with Gasteiger partial charge in [-0.2, -0.15) is 10.2 Å². The number of hydrogen-bond donors (Lipinski definition) is 0. The summed E-state index contributed by atoms with van der Waals surface area (Å²) in [7, 11) is 0. The molecule has 0 amide bonds. The maximum atomic E-state index is 3.93. The van der Waals surface area contributed by atoms with E-state index < -0.39 is 0 Å². The van der Waals surface area contributed by atoms with Gasteiger partial charge in [0.15, 0.2) is 0 Å². The summed E-state index contributed by atoms with van der Waals surface area (Å²) >= 11 is 0. The lowest BCUT2D eigenvalue weighted by atomic mass is 10.1. The highest BCUT2D eigenvalue weighted by Crippen LogP contribution is 2.07. The molecule has 0 N–H and O–H groups in total. The van der Waals surface area contributed by atoms with E-state index in [0.717, 1.165) is 5.69 Å². The highest BCUT2D eigenvalue weighted by atomic mass is 15.1. The largest absolute Gasteiger partial charge is 0.159 e. The zero-order valence-corrected chi connectivity index (χ0v) is 5.70. The summed E-state index contributed by atoms with van der Waals surface area (Å²) in [6, 6.07) is 3.89. The second kappa shape index (κ2) is 2.58. The monoisotopic (exact) mass is 122 g/mol. The third-order valence-electron chi connectivity index (χ3n) is 1.18. The Morgan fingerprint density at radius 3 is 2.56 bits per heavy atom. The van der Waals surface area contributed by atoms with E-state index in [1.807, 2.05) is 12.1 Å². The van der Waals surface area contributed by atoms with E-state index in [-0.39, 0.29) is 0 Å². The maximum absolute atomic E-state index is 3.93.